The van der Waals surface area contributed by atoms with Crippen molar-refractivity contribution in [2.75, 3.05) is 23.7 Å². The molecule has 2 aliphatic carbocycles. The Bertz CT molecular complexity index is 1530. The maximum atomic E-state index is 13.9. The summed E-state index contributed by atoms with van der Waals surface area (Å²) in [7, 11) is 1.72. The number of ether oxygens (including phenoxy) is 1. The fraction of sp³-hybridized carbons (Fsp3) is 0.469. The number of halogens is 1. The summed E-state index contributed by atoms with van der Waals surface area (Å²) in [6.07, 6.45) is 9.17. The molecule has 2 amide bonds. The Morgan fingerprint density at radius 1 is 1.16 bits per heavy atom. The molecule has 2 fully saturated rings. The monoisotopic (exact) mass is 606 g/mol. The molecule has 2 aromatic heterocycles. The number of nitrogens with zero attached hydrogens (tertiary/aromatic N) is 4. The number of aryl methyl sites for hydroxylation is 1. The van der Waals surface area contributed by atoms with Gasteiger partial charge in [-0.1, -0.05) is 25.7 Å². The van der Waals surface area contributed by atoms with E-state index >= 15 is 0 Å². The van der Waals surface area contributed by atoms with Crippen molar-refractivity contribution in [2.24, 2.45) is 11.8 Å². The minimum atomic E-state index is -0.974. The van der Waals surface area contributed by atoms with Crippen molar-refractivity contribution in [3.8, 4) is 28.1 Å². The molecule has 0 spiro atoms. The Morgan fingerprint density at radius 2 is 1.95 bits per heavy atom. The zero-order valence-electron chi connectivity index (χ0n) is 24.1. The van der Waals surface area contributed by atoms with Gasteiger partial charge in [0, 0.05) is 48.1 Å². The highest BCUT2D eigenvalue weighted by Crippen LogP contribution is 2.42. The molecule has 3 aliphatic rings. The van der Waals surface area contributed by atoms with Crippen molar-refractivity contribution in [3.05, 3.63) is 41.4 Å². The molecule has 0 saturated heterocycles. The van der Waals surface area contributed by atoms with Crippen LogP contribution in [0.2, 0.25) is 0 Å². The number of carboxylic acid groups (broad SMARTS) is 1. The molecule has 0 radical (unpaired) electrons. The van der Waals surface area contributed by atoms with Gasteiger partial charge in [0.25, 0.3) is 0 Å². The lowest BCUT2D eigenvalue weighted by atomic mass is 9.90. The highest BCUT2D eigenvalue weighted by atomic mass is 32.1. The Hall–Kier alpha value is -3.86. The van der Waals surface area contributed by atoms with Crippen LogP contribution in [0.3, 0.4) is 0 Å². The third kappa shape index (κ3) is 6.27. The van der Waals surface area contributed by atoms with Crippen LogP contribution in [0.5, 0.6) is 5.75 Å². The number of pyridine rings is 1. The van der Waals surface area contributed by atoms with Crippen LogP contribution < -0.4 is 14.5 Å². The Balaban J connectivity index is 1.34. The molecule has 1 N–H and O–H groups in total. The van der Waals surface area contributed by atoms with Gasteiger partial charge in [0.1, 0.15) is 11.6 Å². The van der Waals surface area contributed by atoms with Gasteiger partial charge in [-0.15, -0.1) is 11.3 Å². The molecule has 6 rings (SSSR count). The number of hydrogen-bond donors (Lipinski definition) is 1. The number of carbonyl (C=O) groups is 3. The molecule has 2 saturated carbocycles. The quantitative estimate of drug-likeness (QED) is 0.274. The van der Waals surface area contributed by atoms with Gasteiger partial charge in [-0.3, -0.25) is 24.2 Å². The minimum absolute atomic E-state index is 0.0107. The molecule has 3 heterocycles. The van der Waals surface area contributed by atoms with Crippen LogP contribution in [0.25, 0.3) is 22.4 Å². The van der Waals surface area contributed by atoms with Crippen LogP contribution >= 0.6 is 11.3 Å². The first kappa shape index (κ1) is 29.2. The van der Waals surface area contributed by atoms with E-state index in [1.165, 1.54) is 11.3 Å². The number of anilines is 2. The summed E-state index contributed by atoms with van der Waals surface area (Å²) in [6.45, 7) is -0.974. The molecule has 1 aliphatic heterocycles. The topological polar surface area (TPSA) is 113 Å². The van der Waals surface area contributed by atoms with Crippen LogP contribution in [0, 0.1) is 11.8 Å². The standard InChI is InChI=1S/C32H35FN4O5S/c1-36-28(38)11-6-20-13-22(16-34-30(20)36)25-10-9-24(42-18-33)15-26(25)27-17-43-32(35-27)37(23-7-8-23)31(41)21(14-29(39)40)12-19-4-2-3-5-19/h9-10,13,15-17,19,21,23H,2-8,11-12,14,18H2,1H3,(H,39,40). The van der Waals surface area contributed by atoms with E-state index in [0.717, 1.165) is 55.2 Å². The molecule has 11 heteroatoms. The van der Waals surface area contributed by atoms with Gasteiger partial charge in [-0.05, 0) is 67.0 Å². The van der Waals surface area contributed by atoms with E-state index in [-0.39, 0.29) is 24.3 Å². The number of fused-ring (bicyclic) bond motifs is 1. The second-order valence-electron chi connectivity index (χ2n) is 11.8. The van der Waals surface area contributed by atoms with Gasteiger partial charge in [-0.2, -0.15) is 0 Å². The SMILES string of the molecule is CN1C(=O)CCc2cc(-c3ccc(OCF)cc3-c3csc(N(C(=O)C(CC(=O)O)CC4CCCC4)C4CC4)n3)cnc21. The van der Waals surface area contributed by atoms with Crippen molar-refractivity contribution in [1.82, 2.24) is 9.97 Å². The molecule has 43 heavy (non-hydrogen) atoms. The third-order valence-electron chi connectivity index (χ3n) is 8.75. The zero-order chi connectivity index (χ0) is 30.1. The van der Waals surface area contributed by atoms with Gasteiger partial charge >= 0.3 is 5.97 Å². The van der Waals surface area contributed by atoms with Gasteiger partial charge in [-0.25, -0.2) is 14.4 Å². The minimum Gasteiger partial charge on any atom is -0.481 e. The van der Waals surface area contributed by atoms with Crippen molar-refractivity contribution in [3.63, 3.8) is 0 Å². The van der Waals surface area contributed by atoms with E-state index in [2.05, 4.69) is 4.98 Å². The lowest BCUT2D eigenvalue weighted by Gasteiger charge is -2.26. The average Bonchev–Trinajstić information content (AvgIpc) is 3.46. The molecule has 1 aromatic carbocycles. The second kappa shape index (κ2) is 12.4. The summed E-state index contributed by atoms with van der Waals surface area (Å²) >= 11 is 1.35. The third-order valence-corrected chi connectivity index (χ3v) is 9.59. The number of thiazole rings is 1. The number of hydrogen-bond acceptors (Lipinski definition) is 7. The lowest BCUT2D eigenvalue weighted by Crippen LogP contribution is -2.39. The molecule has 226 valence electrons. The number of carbonyl (C=O) groups excluding carboxylic acids is 2. The van der Waals surface area contributed by atoms with Crippen molar-refractivity contribution >= 4 is 40.1 Å². The summed E-state index contributed by atoms with van der Waals surface area (Å²) in [5.74, 6) is -0.315. The van der Waals surface area contributed by atoms with E-state index in [1.54, 1.807) is 35.2 Å². The van der Waals surface area contributed by atoms with Gasteiger partial charge in [0.15, 0.2) is 5.13 Å². The summed E-state index contributed by atoms with van der Waals surface area (Å²) in [5.41, 5.74) is 3.91. The van der Waals surface area contributed by atoms with Crippen molar-refractivity contribution in [2.45, 2.75) is 70.3 Å². The number of benzene rings is 1. The molecular weight excluding hydrogens is 571 g/mol. The molecule has 1 unspecified atom stereocenters. The first-order chi connectivity index (χ1) is 20.8. The van der Waals surface area contributed by atoms with E-state index < -0.39 is 18.7 Å². The summed E-state index contributed by atoms with van der Waals surface area (Å²) in [4.78, 5) is 50.7. The zero-order valence-corrected chi connectivity index (χ0v) is 24.9. The van der Waals surface area contributed by atoms with Crippen LogP contribution in [-0.4, -0.2) is 52.8 Å². The maximum Gasteiger partial charge on any atom is 0.304 e. The lowest BCUT2D eigenvalue weighted by molar-refractivity contribution is -0.141. The maximum absolute atomic E-state index is 13.9. The Kier molecular flexibility index (Phi) is 8.43. The van der Waals surface area contributed by atoms with Crippen molar-refractivity contribution < 1.29 is 28.6 Å². The molecule has 1 atom stereocenters. The molecule has 3 aromatic rings. The molecule has 0 bridgehead atoms. The van der Waals surface area contributed by atoms with Crippen LogP contribution in [0.4, 0.5) is 15.3 Å². The van der Waals surface area contributed by atoms with E-state index in [9.17, 15) is 23.9 Å². The first-order valence-corrected chi connectivity index (χ1v) is 15.8. The van der Waals surface area contributed by atoms with Crippen LogP contribution in [-0.2, 0) is 20.8 Å². The van der Waals surface area contributed by atoms with Gasteiger partial charge in [0.05, 0.1) is 12.1 Å². The number of amides is 2. The number of rotatable bonds is 11. The van der Waals surface area contributed by atoms with E-state index in [1.807, 2.05) is 17.5 Å². The average molecular weight is 607 g/mol. The highest BCUT2D eigenvalue weighted by molar-refractivity contribution is 7.14. The Morgan fingerprint density at radius 3 is 2.67 bits per heavy atom. The largest absolute Gasteiger partial charge is 0.481 e. The fourth-order valence-corrected chi connectivity index (χ4v) is 7.29. The summed E-state index contributed by atoms with van der Waals surface area (Å²) < 4.78 is 18.3. The Labute approximate surface area is 253 Å². The van der Waals surface area contributed by atoms with E-state index in [4.69, 9.17) is 9.72 Å². The number of carboxylic acids is 1. The van der Waals surface area contributed by atoms with Crippen molar-refractivity contribution in [1.29, 1.82) is 0 Å². The van der Waals surface area contributed by atoms with Crippen LogP contribution in [0.15, 0.2) is 35.8 Å². The smallest absolute Gasteiger partial charge is 0.304 e. The number of alkyl halides is 1. The van der Waals surface area contributed by atoms with E-state index in [0.29, 0.717) is 53.1 Å². The van der Waals surface area contributed by atoms with Gasteiger partial charge in [0.2, 0.25) is 18.7 Å². The second-order valence-corrected chi connectivity index (χ2v) is 12.6. The number of aliphatic carboxylic acids is 1. The predicted octanol–water partition coefficient (Wildman–Crippen LogP) is 6.25. The first-order valence-electron chi connectivity index (χ1n) is 14.9. The summed E-state index contributed by atoms with van der Waals surface area (Å²) in [5, 5.41) is 12.0. The number of aromatic nitrogens is 2. The molecule has 9 nitrogen and oxygen atoms in total. The molecular formula is C32H35FN4O5S. The van der Waals surface area contributed by atoms with Gasteiger partial charge < -0.3 is 9.84 Å². The normalized spacial score (nSPS) is 17.5. The summed E-state index contributed by atoms with van der Waals surface area (Å²) in [6, 6.07) is 7.30. The highest BCUT2D eigenvalue weighted by Gasteiger charge is 2.40. The van der Waals surface area contributed by atoms with Crippen LogP contribution in [0.1, 0.15) is 63.4 Å². The fourth-order valence-electron chi connectivity index (χ4n) is 6.39. The predicted molar refractivity (Wildman–Crippen MR) is 162 cm³/mol.